The Morgan fingerprint density at radius 1 is 0.643 bits per heavy atom. The van der Waals surface area contributed by atoms with Crippen LogP contribution in [0.25, 0.3) is 0 Å². The number of hydrogen-bond acceptors (Lipinski definition) is 4. The second-order valence-electron chi connectivity index (χ2n) is 7.03. The Bertz CT molecular complexity index is 364. The largest absolute Gasteiger partial charge is 0.466 e. The second kappa shape index (κ2) is 25.7. The number of rotatable bonds is 17. The van der Waals surface area contributed by atoms with Crippen LogP contribution in [0.4, 0.5) is 0 Å². The summed E-state index contributed by atoms with van der Waals surface area (Å²) < 4.78 is 9.61. The highest BCUT2D eigenvalue weighted by Gasteiger charge is 2.00. The highest BCUT2D eigenvalue weighted by atomic mass is 16.5. The second-order valence-corrected chi connectivity index (χ2v) is 7.03. The zero-order valence-corrected chi connectivity index (χ0v) is 19.1. The Balaban J connectivity index is 0. The lowest BCUT2D eigenvalue weighted by atomic mass is 10.1. The molecular weight excluding hydrogens is 352 g/mol. The SMILES string of the molecule is CCCCCCCC=CC(=O)OCC.CCCCCCCCCC(=O)OCC. The molecule has 0 aliphatic carbocycles. The molecule has 0 heterocycles. The first-order chi connectivity index (χ1) is 13.6. The molecule has 0 aliphatic heterocycles. The lowest BCUT2D eigenvalue weighted by Gasteiger charge is -2.01. The number of carbonyl (C=O) groups is 2. The van der Waals surface area contributed by atoms with E-state index in [1.165, 1.54) is 76.7 Å². The Hall–Kier alpha value is -1.32. The van der Waals surface area contributed by atoms with E-state index >= 15 is 0 Å². The summed E-state index contributed by atoms with van der Waals surface area (Å²) in [6, 6.07) is 0. The van der Waals surface area contributed by atoms with Crippen molar-refractivity contribution in [3.8, 4) is 0 Å². The number of hydrogen-bond donors (Lipinski definition) is 0. The van der Waals surface area contributed by atoms with Crippen LogP contribution in [0, 0.1) is 0 Å². The summed E-state index contributed by atoms with van der Waals surface area (Å²) >= 11 is 0. The predicted octanol–water partition coefficient (Wildman–Crippen LogP) is 7.16. The molecule has 0 fully saturated rings. The van der Waals surface area contributed by atoms with E-state index < -0.39 is 0 Å². The van der Waals surface area contributed by atoms with Crippen molar-refractivity contribution in [2.75, 3.05) is 13.2 Å². The topological polar surface area (TPSA) is 52.6 Å². The number of esters is 2. The molecule has 0 unspecified atom stereocenters. The Morgan fingerprint density at radius 2 is 1.14 bits per heavy atom. The van der Waals surface area contributed by atoms with Crippen LogP contribution in [-0.4, -0.2) is 25.2 Å². The van der Waals surface area contributed by atoms with Crippen LogP contribution in [0.2, 0.25) is 0 Å². The molecule has 0 aromatic heterocycles. The zero-order chi connectivity index (χ0) is 21.3. The van der Waals surface area contributed by atoms with Crippen molar-refractivity contribution in [3.05, 3.63) is 12.2 Å². The van der Waals surface area contributed by atoms with Gasteiger partial charge in [-0.1, -0.05) is 84.1 Å². The van der Waals surface area contributed by atoms with Crippen molar-refractivity contribution in [2.24, 2.45) is 0 Å². The van der Waals surface area contributed by atoms with Gasteiger partial charge in [-0.2, -0.15) is 0 Å². The zero-order valence-electron chi connectivity index (χ0n) is 19.1. The van der Waals surface area contributed by atoms with Gasteiger partial charge in [-0.25, -0.2) is 4.79 Å². The van der Waals surface area contributed by atoms with Crippen LogP contribution in [0.5, 0.6) is 0 Å². The van der Waals surface area contributed by atoms with Crippen LogP contribution in [0.1, 0.15) is 118 Å². The minimum Gasteiger partial charge on any atom is -0.466 e. The molecule has 4 heteroatoms. The van der Waals surface area contributed by atoms with Crippen LogP contribution in [0.3, 0.4) is 0 Å². The molecule has 0 saturated heterocycles. The molecule has 166 valence electrons. The van der Waals surface area contributed by atoms with E-state index in [4.69, 9.17) is 9.47 Å². The molecule has 4 nitrogen and oxygen atoms in total. The first-order valence-corrected chi connectivity index (χ1v) is 11.6. The fourth-order valence-electron chi connectivity index (χ4n) is 2.70. The third-order valence-corrected chi connectivity index (χ3v) is 4.30. The van der Waals surface area contributed by atoms with E-state index in [0.717, 1.165) is 12.8 Å². The van der Waals surface area contributed by atoms with Gasteiger partial charge in [0.1, 0.15) is 0 Å². The Morgan fingerprint density at radius 3 is 1.68 bits per heavy atom. The van der Waals surface area contributed by atoms with Gasteiger partial charge in [-0.15, -0.1) is 0 Å². The standard InChI is InChI=1S/C12H24O2.C12H22O2/c2*1-3-5-6-7-8-9-10-11-12(13)14-4-2/h3-11H2,1-2H3;10-11H,3-9H2,1-2H3. The maximum atomic E-state index is 11.0. The summed E-state index contributed by atoms with van der Waals surface area (Å²) in [5.74, 6) is -0.262. The third-order valence-electron chi connectivity index (χ3n) is 4.30. The van der Waals surface area contributed by atoms with Crippen molar-refractivity contribution >= 4 is 11.9 Å². The monoisotopic (exact) mass is 398 g/mol. The van der Waals surface area contributed by atoms with Crippen molar-refractivity contribution in [3.63, 3.8) is 0 Å². The van der Waals surface area contributed by atoms with E-state index in [1.807, 2.05) is 19.9 Å². The van der Waals surface area contributed by atoms with Gasteiger partial charge in [-0.05, 0) is 33.1 Å². The number of allylic oxidation sites excluding steroid dienone is 1. The summed E-state index contributed by atoms with van der Waals surface area (Å²) in [6.07, 6.45) is 20.1. The van der Waals surface area contributed by atoms with E-state index in [0.29, 0.717) is 19.6 Å². The first kappa shape index (κ1) is 28.9. The number of ether oxygens (including phenoxy) is 2. The van der Waals surface area contributed by atoms with E-state index in [2.05, 4.69) is 13.8 Å². The summed E-state index contributed by atoms with van der Waals surface area (Å²) in [6.45, 7) is 9.07. The highest BCUT2D eigenvalue weighted by molar-refractivity contribution is 5.81. The van der Waals surface area contributed by atoms with E-state index in [-0.39, 0.29) is 11.9 Å². The predicted molar refractivity (Wildman–Crippen MR) is 118 cm³/mol. The van der Waals surface area contributed by atoms with Gasteiger partial charge in [-0.3, -0.25) is 4.79 Å². The molecule has 0 aromatic carbocycles. The fraction of sp³-hybridized carbons (Fsp3) is 0.833. The molecule has 0 spiro atoms. The number of unbranched alkanes of at least 4 members (excludes halogenated alkanes) is 11. The molecule has 0 rings (SSSR count). The minimum atomic E-state index is -0.221. The van der Waals surface area contributed by atoms with Gasteiger partial charge in [0.15, 0.2) is 0 Å². The van der Waals surface area contributed by atoms with Gasteiger partial charge in [0.05, 0.1) is 13.2 Å². The normalized spacial score (nSPS) is 10.4. The molecule has 28 heavy (non-hydrogen) atoms. The maximum Gasteiger partial charge on any atom is 0.330 e. The molecule has 0 radical (unpaired) electrons. The van der Waals surface area contributed by atoms with Gasteiger partial charge < -0.3 is 9.47 Å². The summed E-state index contributed by atoms with van der Waals surface area (Å²) in [4.78, 5) is 21.8. The van der Waals surface area contributed by atoms with Crippen molar-refractivity contribution in [1.29, 1.82) is 0 Å². The molecule has 0 atom stereocenters. The molecule has 0 aliphatic rings. The van der Waals surface area contributed by atoms with Crippen molar-refractivity contribution in [2.45, 2.75) is 118 Å². The smallest absolute Gasteiger partial charge is 0.330 e. The molecule has 0 bridgehead atoms. The Labute approximate surface area is 174 Å². The van der Waals surface area contributed by atoms with Crippen molar-refractivity contribution in [1.82, 2.24) is 0 Å². The molecular formula is C24H46O4. The summed E-state index contributed by atoms with van der Waals surface area (Å²) in [5, 5.41) is 0. The fourth-order valence-corrected chi connectivity index (χ4v) is 2.70. The maximum absolute atomic E-state index is 11.0. The van der Waals surface area contributed by atoms with Crippen LogP contribution in [0.15, 0.2) is 12.2 Å². The van der Waals surface area contributed by atoms with Crippen LogP contribution in [-0.2, 0) is 19.1 Å². The average molecular weight is 399 g/mol. The van der Waals surface area contributed by atoms with E-state index in [1.54, 1.807) is 0 Å². The van der Waals surface area contributed by atoms with Crippen LogP contribution < -0.4 is 0 Å². The molecule has 0 aromatic rings. The number of carbonyl (C=O) groups excluding carboxylic acids is 2. The third kappa shape index (κ3) is 26.9. The molecule has 0 amide bonds. The van der Waals surface area contributed by atoms with Gasteiger partial charge in [0.2, 0.25) is 0 Å². The van der Waals surface area contributed by atoms with Crippen LogP contribution >= 0.6 is 0 Å². The lowest BCUT2D eigenvalue weighted by Crippen LogP contribution is -2.03. The molecule has 0 saturated carbocycles. The highest BCUT2D eigenvalue weighted by Crippen LogP contribution is 2.08. The summed E-state index contributed by atoms with van der Waals surface area (Å²) in [5.41, 5.74) is 0. The van der Waals surface area contributed by atoms with E-state index in [9.17, 15) is 9.59 Å². The van der Waals surface area contributed by atoms with Crippen molar-refractivity contribution < 1.29 is 19.1 Å². The summed E-state index contributed by atoms with van der Waals surface area (Å²) in [7, 11) is 0. The van der Waals surface area contributed by atoms with Gasteiger partial charge in [0, 0.05) is 12.5 Å². The molecule has 0 N–H and O–H groups in total. The average Bonchev–Trinajstić information content (AvgIpc) is 2.67. The lowest BCUT2D eigenvalue weighted by molar-refractivity contribution is -0.143. The quantitative estimate of drug-likeness (QED) is 0.148. The first-order valence-electron chi connectivity index (χ1n) is 11.6. The minimum absolute atomic E-state index is 0.0407. The van der Waals surface area contributed by atoms with Gasteiger partial charge >= 0.3 is 11.9 Å². The van der Waals surface area contributed by atoms with Gasteiger partial charge in [0.25, 0.3) is 0 Å². The Kier molecular flexibility index (Phi) is 26.5.